The summed E-state index contributed by atoms with van der Waals surface area (Å²) >= 11 is 0. The van der Waals surface area contributed by atoms with Crippen molar-refractivity contribution in [1.82, 2.24) is 37.2 Å². The van der Waals surface area contributed by atoms with E-state index in [1.165, 1.54) is 79.1 Å². The molecular formula is C65H121F4N7O7. The Labute approximate surface area is 501 Å². The van der Waals surface area contributed by atoms with Gasteiger partial charge in [0.05, 0.1) is 17.1 Å². The van der Waals surface area contributed by atoms with Gasteiger partial charge in [-0.05, 0) is 113 Å². The Morgan fingerprint density at radius 3 is 0.892 bits per heavy atom. The molecule has 0 radical (unpaired) electrons. The van der Waals surface area contributed by atoms with Crippen LogP contribution in [0.15, 0.2) is 0 Å². The molecule has 7 saturated carbocycles. The van der Waals surface area contributed by atoms with Crippen molar-refractivity contribution in [2.24, 2.45) is 43.8 Å². The molecule has 486 valence electrons. The lowest BCUT2D eigenvalue weighted by Gasteiger charge is -2.62. The van der Waals surface area contributed by atoms with E-state index >= 15 is 0 Å². The molecule has 0 aliphatic heterocycles. The van der Waals surface area contributed by atoms with Gasteiger partial charge in [-0.2, -0.15) is 0 Å². The van der Waals surface area contributed by atoms with Crippen molar-refractivity contribution in [3.63, 3.8) is 0 Å². The van der Waals surface area contributed by atoms with E-state index in [1.54, 1.807) is 27.7 Å². The van der Waals surface area contributed by atoms with Crippen LogP contribution in [0.5, 0.6) is 0 Å². The lowest BCUT2D eigenvalue weighted by molar-refractivity contribution is -0.140. The molecule has 0 spiro atoms. The second-order valence-electron chi connectivity index (χ2n) is 34.2. The third-order valence-corrected chi connectivity index (χ3v) is 15.1. The van der Waals surface area contributed by atoms with Gasteiger partial charge in [0, 0.05) is 80.8 Å². The van der Waals surface area contributed by atoms with Crippen molar-refractivity contribution in [3.05, 3.63) is 0 Å². The lowest BCUT2D eigenvalue weighted by Crippen LogP contribution is -2.69. The second-order valence-corrected chi connectivity index (χ2v) is 34.2. The Bertz CT molecular complexity index is 2190. The van der Waals surface area contributed by atoms with Gasteiger partial charge in [-0.3, -0.25) is 33.6 Å². The second kappa shape index (κ2) is 27.4. The van der Waals surface area contributed by atoms with Gasteiger partial charge >= 0.3 is 0 Å². The number of nitrogens with one attached hydrogen (secondary N) is 7. The first-order valence-corrected chi connectivity index (χ1v) is 30.2. The largest absolute Gasteiger partial charge is 0.353 e. The minimum absolute atomic E-state index is 0.0751. The van der Waals surface area contributed by atoms with Crippen LogP contribution >= 0.6 is 0 Å². The molecular weight excluding hydrogens is 1070 g/mol. The van der Waals surface area contributed by atoms with Crippen LogP contribution in [0.2, 0.25) is 0 Å². The minimum atomic E-state index is -2.94. The molecule has 2 bridgehead atoms. The number of halogens is 4. The van der Waals surface area contributed by atoms with Crippen LogP contribution in [-0.2, 0) is 33.6 Å². The topological polar surface area (TPSA) is 204 Å². The molecule has 7 aliphatic carbocycles. The molecule has 7 fully saturated rings. The van der Waals surface area contributed by atoms with Crippen LogP contribution in [0.25, 0.3) is 0 Å². The van der Waals surface area contributed by atoms with Crippen LogP contribution in [0, 0.1) is 43.8 Å². The van der Waals surface area contributed by atoms with Crippen LogP contribution < -0.4 is 37.2 Å². The molecule has 7 aliphatic rings. The van der Waals surface area contributed by atoms with Crippen molar-refractivity contribution in [3.8, 4) is 0 Å². The van der Waals surface area contributed by atoms with Gasteiger partial charge in [-0.25, -0.2) is 17.6 Å². The standard InChI is InChI=1S/C10H19F2NO.C10H18FNO.C10H17NO.C9H16FNO.C9H17NO.C9H19NO.C8H15NO/c1-8(2,3)7(14)13-9(4,5)10(6,11)12;1-8(2,3)7(13)12-10(5)6-9(10,4)11;1-9(2,3)8(12)11-10-4-7(5-10)6-10;1-8(2,3)7(12)11-6-5-9(6,4)10;1-9(2,3)8(11)10-7-5-4-6-7;1-8(2,3)7(11)10-9(4,5)6;1-8(2,3)7(10)9-6-4-5-6/h1-6H3,(H,13,14);6H2,1-5H3,(H,12,13);7H,4-6H2,1-3H3,(H,11,12);6H,5H2,1-4H3,(H,11,12);7H,4-6H2,1-3H3,(H,10,11);1-6H3,(H,10,11);6H,4-5H2,1-3H3,(H,9,10). The number of hydrogen-bond acceptors (Lipinski definition) is 7. The highest BCUT2D eigenvalue weighted by atomic mass is 19.3. The minimum Gasteiger partial charge on any atom is -0.353 e. The zero-order valence-corrected chi connectivity index (χ0v) is 57.8. The van der Waals surface area contributed by atoms with Gasteiger partial charge in [0.15, 0.2) is 0 Å². The lowest BCUT2D eigenvalue weighted by atomic mass is 9.50. The number of carbonyl (C=O) groups excluding carboxylic acids is 7. The molecule has 0 saturated heterocycles. The molecule has 0 heterocycles. The number of alkyl halides is 4. The average molecular weight is 1190 g/mol. The van der Waals surface area contributed by atoms with E-state index < -0.39 is 44.6 Å². The van der Waals surface area contributed by atoms with Gasteiger partial charge in [0.25, 0.3) is 5.92 Å². The van der Waals surface area contributed by atoms with Crippen molar-refractivity contribution in [2.45, 2.75) is 329 Å². The van der Waals surface area contributed by atoms with Gasteiger partial charge in [-0.15, -0.1) is 0 Å². The highest BCUT2D eigenvalue weighted by Gasteiger charge is 2.64. The summed E-state index contributed by atoms with van der Waals surface area (Å²) in [5.41, 5.74) is -6.90. The molecule has 7 amide bonds. The fourth-order valence-corrected chi connectivity index (χ4v) is 6.90. The smallest absolute Gasteiger partial charge is 0.267 e. The average Bonchev–Trinajstić information content (AvgIpc) is 4.15. The number of hydrogen-bond donors (Lipinski definition) is 7. The van der Waals surface area contributed by atoms with Crippen LogP contribution in [0.4, 0.5) is 17.6 Å². The molecule has 7 rings (SSSR count). The maximum absolute atomic E-state index is 13.4. The zero-order chi connectivity index (χ0) is 66.4. The molecule has 0 aromatic carbocycles. The van der Waals surface area contributed by atoms with Gasteiger partial charge < -0.3 is 37.2 Å². The fourth-order valence-electron chi connectivity index (χ4n) is 6.90. The summed E-state index contributed by atoms with van der Waals surface area (Å²) in [4.78, 5) is 79.9. The Balaban J connectivity index is 0.000000947. The Morgan fingerprint density at radius 1 is 0.398 bits per heavy atom. The zero-order valence-electron chi connectivity index (χ0n) is 57.8. The summed E-state index contributed by atoms with van der Waals surface area (Å²) < 4.78 is 52.4. The highest BCUT2D eigenvalue weighted by molar-refractivity contribution is 5.85. The van der Waals surface area contributed by atoms with Crippen LogP contribution in [-0.4, -0.2) is 98.9 Å². The first kappa shape index (κ1) is 79.0. The third-order valence-electron chi connectivity index (χ3n) is 15.1. The monoisotopic (exact) mass is 1190 g/mol. The predicted octanol–water partition coefficient (Wildman–Crippen LogP) is 12.9. The van der Waals surface area contributed by atoms with Gasteiger partial charge in [0.2, 0.25) is 41.4 Å². The summed E-state index contributed by atoms with van der Waals surface area (Å²) in [5, 5.41) is 19.8. The van der Waals surface area contributed by atoms with Gasteiger partial charge in [0.1, 0.15) is 11.3 Å². The molecule has 0 aromatic rings. The predicted molar refractivity (Wildman–Crippen MR) is 329 cm³/mol. The molecule has 83 heavy (non-hydrogen) atoms. The molecule has 0 aromatic heterocycles. The van der Waals surface area contributed by atoms with E-state index in [1.807, 2.05) is 145 Å². The Hall–Kier alpha value is -3.99. The number of amides is 7. The van der Waals surface area contributed by atoms with E-state index in [0.717, 1.165) is 12.8 Å². The highest BCUT2D eigenvalue weighted by Crippen LogP contribution is 2.57. The first-order chi connectivity index (χ1) is 36.2. The van der Waals surface area contributed by atoms with Crippen LogP contribution in [0.1, 0.15) is 272 Å². The quantitative estimate of drug-likeness (QED) is 0.123. The summed E-state index contributed by atoms with van der Waals surface area (Å²) in [6.07, 6.45) is 10.5. The van der Waals surface area contributed by atoms with E-state index in [-0.39, 0.29) is 80.1 Å². The summed E-state index contributed by atoms with van der Waals surface area (Å²) in [6.45, 7) is 53.4. The molecule has 18 heteroatoms. The van der Waals surface area contributed by atoms with E-state index in [4.69, 9.17) is 0 Å². The number of rotatable bonds is 7. The maximum atomic E-state index is 13.4. The van der Waals surface area contributed by atoms with E-state index in [9.17, 15) is 51.1 Å². The Morgan fingerprint density at radius 2 is 0.687 bits per heavy atom. The fraction of sp³-hybridized carbons (Fsp3) is 0.892. The summed E-state index contributed by atoms with van der Waals surface area (Å²) in [5.74, 6) is -1.86. The van der Waals surface area contributed by atoms with E-state index in [2.05, 4.69) is 37.2 Å². The normalized spacial score (nSPS) is 25.4. The molecule has 14 nitrogen and oxygen atoms in total. The van der Waals surface area contributed by atoms with Crippen molar-refractivity contribution in [1.29, 1.82) is 0 Å². The number of carbonyl (C=O) groups is 7. The van der Waals surface area contributed by atoms with Crippen molar-refractivity contribution in [2.75, 3.05) is 0 Å². The van der Waals surface area contributed by atoms with Crippen molar-refractivity contribution >= 4 is 41.4 Å². The molecule has 7 N–H and O–H groups in total. The van der Waals surface area contributed by atoms with Crippen LogP contribution in [0.3, 0.4) is 0 Å². The van der Waals surface area contributed by atoms with Crippen molar-refractivity contribution < 1.29 is 51.1 Å². The summed E-state index contributed by atoms with van der Waals surface area (Å²) in [6, 6.07) is 0.706. The SMILES string of the molecule is CC(C)(C)C(=O)NC(C)(C)C(C)(F)F.CC(C)(C)C(=O)NC1(C)CC1(C)F.CC(C)(C)C(=O)NC12CC(C1)C2.CC(C)(C)C(=O)NC1CC1.CC(C)(C)C(=O)NC1CC1(C)F.CC(C)(C)C(=O)NC1CCC1.CC(C)(C)NC(=O)C(C)(C)C. The van der Waals surface area contributed by atoms with E-state index in [0.29, 0.717) is 24.9 Å². The first-order valence-electron chi connectivity index (χ1n) is 30.2. The molecule has 4 atom stereocenters. The maximum Gasteiger partial charge on any atom is 0.267 e. The Kier molecular flexibility index (Phi) is 26.1. The molecule has 4 unspecified atom stereocenters. The van der Waals surface area contributed by atoms with Gasteiger partial charge in [-0.1, -0.05) is 145 Å². The summed E-state index contributed by atoms with van der Waals surface area (Å²) in [7, 11) is 0. The third kappa shape index (κ3) is 28.8.